The molecule has 0 saturated heterocycles. The predicted molar refractivity (Wildman–Crippen MR) is 94.9 cm³/mol. The van der Waals surface area contributed by atoms with E-state index < -0.39 is 5.91 Å². The minimum atomic E-state index is -0.543. The summed E-state index contributed by atoms with van der Waals surface area (Å²) in [7, 11) is 0. The van der Waals surface area contributed by atoms with Crippen LogP contribution in [0, 0.1) is 4.91 Å². The molecule has 0 aliphatic carbocycles. The number of fused-ring (bicyclic) bond motifs is 1. The van der Waals surface area contributed by atoms with Crippen LogP contribution in [0.15, 0.2) is 22.4 Å². The van der Waals surface area contributed by atoms with E-state index in [9.17, 15) is 14.5 Å². The van der Waals surface area contributed by atoms with Crippen LogP contribution in [0.25, 0.3) is 0 Å². The van der Waals surface area contributed by atoms with E-state index in [2.05, 4.69) is 0 Å². The highest BCUT2D eigenvalue weighted by molar-refractivity contribution is 7.99. The molecule has 3 heterocycles. The largest absolute Gasteiger partial charge is 0.332 e. The number of hydrogen-bond donors (Lipinski definition) is 3. The number of hydroxylamine groups is 1. The monoisotopic (exact) mass is 399 g/mol. The summed E-state index contributed by atoms with van der Waals surface area (Å²) in [5.74, 6) is 4.49. The first kappa shape index (κ1) is 17.9. The Hall–Kier alpha value is -1.95. The summed E-state index contributed by atoms with van der Waals surface area (Å²) in [6.07, 6.45) is 0.654. The van der Waals surface area contributed by atoms with Crippen LogP contribution < -0.4 is 11.3 Å². The Bertz CT molecular complexity index is 832. The molecule has 3 rings (SSSR count). The Morgan fingerprint density at radius 2 is 2.28 bits per heavy atom. The zero-order valence-electron chi connectivity index (χ0n) is 12.9. The number of nitrogens with zero attached hydrogens (tertiary/aromatic N) is 2. The molecule has 0 aromatic carbocycles. The summed E-state index contributed by atoms with van der Waals surface area (Å²) in [6, 6.07) is 3.56. The fraction of sp³-hybridized carbons (Fsp3) is 0.286. The highest BCUT2D eigenvalue weighted by atomic mass is 32.2. The number of nitroso groups, excluding NO2 is 1. The van der Waals surface area contributed by atoms with Crippen LogP contribution in [0.2, 0.25) is 0 Å². The lowest BCUT2D eigenvalue weighted by atomic mass is 10.1. The summed E-state index contributed by atoms with van der Waals surface area (Å²) in [4.78, 5) is 40.0. The third-order valence-electron chi connectivity index (χ3n) is 3.67. The van der Waals surface area contributed by atoms with E-state index in [1.807, 2.05) is 5.38 Å². The number of carbonyl (C=O) groups is 2. The van der Waals surface area contributed by atoms with Gasteiger partial charge in [0.25, 0.3) is 17.7 Å². The topological polar surface area (TPSA) is 116 Å². The molecule has 8 nitrogen and oxygen atoms in total. The van der Waals surface area contributed by atoms with Crippen LogP contribution >= 0.6 is 34.4 Å². The molecule has 25 heavy (non-hydrogen) atoms. The summed E-state index contributed by atoms with van der Waals surface area (Å²) in [5, 5.41) is 10.6. The quantitative estimate of drug-likeness (QED) is 0.176. The third-order valence-corrected chi connectivity index (χ3v) is 6.89. The van der Waals surface area contributed by atoms with Gasteiger partial charge in [-0.15, -0.1) is 22.7 Å². The number of amides is 2. The van der Waals surface area contributed by atoms with E-state index in [0.717, 1.165) is 15.3 Å². The first-order chi connectivity index (χ1) is 12.0. The highest BCUT2D eigenvalue weighted by Gasteiger charge is 2.27. The van der Waals surface area contributed by atoms with Crippen LogP contribution in [0.4, 0.5) is 0 Å². The molecular formula is C14H15N4O4S3+. The zero-order chi connectivity index (χ0) is 18.0. The molecule has 132 valence electrons. The fourth-order valence-electron chi connectivity index (χ4n) is 2.50. The van der Waals surface area contributed by atoms with Gasteiger partial charge >= 0.3 is 0 Å². The molecule has 0 unspecified atom stereocenters. The van der Waals surface area contributed by atoms with E-state index >= 15 is 0 Å². The molecule has 2 aromatic heterocycles. The minimum absolute atomic E-state index is 0.0473. The Morgan fingerprint density at radius 1 is 1.48 bits per heavy atom. The van der Waals surface area contributed by atoms with Crippen molar-refractivity contribution in [2.24, 2.45) is 5.84 Å². The number of thiophene rings is 2. The molecule has 1 aliphatic rings. The lowest BCUT2D eigenvalue weighted by molar-refractivity contribution is -0.540. The maximum Gasteiger partial charge on any atom is 0.284 e. The molecule has 0 saturated carbocycles. The second-order valence-electron chi connectivity index (χ2n) is 5.28. The molecule has 1 aliphatic heterocycles. The average molecular weight is 399 g/mol. The molecule has 0 radical (unpaired) electrons. The van der Waals surface area contributed by atoms with Crippen molar-refractivity contribution in [1.29, 1.82) is 0 Å². The number of nitrogens with two attached hydrogens (primary N) is 1. The van der Waals surface area contributed by atoms with Gasteiger partial charge in [-0.05, 0) is 41.3 Å². The molecule has 0 fully saturated rings. The van der Waals surface area contributed by atoms with Gasteiger partial charge in [-0.25, -0.2) is 5.48 Å². The first-order valence-electron chi connectivity index (χ1n) is 7.24. The van der Waals surface area contributed by atoms with Gasteiger partial charge in [0.1, 0.15) is 9.75 Å². The summed E-state index contributed by atoms with van der Waals surface area (Å²) in [5.41, 5.74) is 2.65. The Morgan fingerprint density at radius 3 is 3.00 bits per heavy atom. The van der Waals surface area contributed by atoms with Crippen LogP contribution in [0.1, 0.15) is 29.8 Å². The average Bonchev–Trinajstić information content (AvgIpc) is 3.24. The molecule has 0 bridgehead atoms. The number of hydrazine groups is 1. The maximum atomic E-state index is 12.8. The van der Waals surface area contributed by atoms with E-state index in [0.29, 0.717) is 34.1 Å². The third kappa shape index (κ3) is 3.84. The maximum absolute atomic E-state index is 12.8. The molecule has 0 atom stereocenters. The van der Waals surface area contributed by atoms with Gasteiger partial charge < -0.3 is 4.90 Å². The molecule has 2 amide bonds. The van der Waals surface area contributed by atoms with Gasteiger partial charge in [0, 0.05) is 16.3 Å². The molecular weight excluding hydrogens is 384 g/mol. The van der Waals surface area contributed by atoms with Gasteiger partial charge in [-0.3, -0.25) is 14.8 Å². The molecule has 4 N–H and O–H groups in total. The summed E-state index contributed by atoms with van der Waals surface area (Å²) < 4.78 is 0. The van der Waals surface area contributed by atoms with Crippen LogP contribution in [-0.4, -0.2) is 39.2 Å². The van der Waals surface area contributed by atoms with Crippen molar-refractivity contribution in [3.05, 3.63) is 42.6 Å². The van der Waals surface area contributed by atoms with E-state index in [-0.39, 0.29) is 11.8 Å². The Labute approximate surface area is 155 Å². The smallest absolute Gasteiger partial charge is 0.284 e. The van der Waals surface area contributed by atoms with Crippen LogP contribution in [0.3, 0.4) is 0 Å². The number of thioether (sulfide) groups is 1. The lowest BCUT2D eigenvalue weighted by Crippen LogP contribution is -2.35. The van der Waals surface area contributed by atoms with Crippen LogP contribution in [-0.2, 0) is 13.0 Å². The fourth-order valence-corrected chi connectivity index (χ4v) is 5.43. The standard InChI is InChI=1S/C14H14N4O4S3/c15-18(22)7-24-9-2-4-23-12(9)14(20)17-3-1-8-5-10(13(19)16-21)25-11(8)6-17/h2,4-5H,1,3,6-7H2,(H3-,15,16,19,21,22)/p+1. The number of rotatable bonds is 5. The molecule has 11 heteroatoms. The number of nitrogens with one attached hydrogen (secondary N) is 1. The minimum Gasteiger partial charge on any atom is -0.332 e. The van der Waals surface area contributed by atoms with Crippen molar-refractivity contribution in [3.63, 3.8) is 0 Å². The second kappa shape index (κ2) is 7.52. The highest BCUT2D eigenvalue weighted by Crippen LogP contribution is 2.32. The first-order valence-corrected chi connectivity index (χ1v) is 9.92. The number of hydrogen-bond acceptors (Lipinski definition) is 7. The second-order valence-corrected chi connectivity index (χ2v) is 8.32. The van der Waals surface area contributed by atoms with E-state index in [1.54, 1.807) is 22.5 Å². The summed E-state index contributed by atoms with van der Waals surface area (Å²) in [6.45, 7) is 0.972. The Balaban J connectivity index is 1.75. The molecule has 0 spiro atoms. The summed E-state index contributed by atoms with van der Waals surface area (Å²) >= 11 is 3.83. The zero-order valence-corrected chi connectivity index (χ0v) is 15.4. The van der Waals surface area contributed by atoms with Crippen molar-refractivity contribution in [3.8, 4) is 0 Å². The van der Waals surface area contributed by atoms with Crippen molar-refractivity contribution in [2.75, 3.05) is 12.4 Å². The SMILES string of the molecule is N[N+](=O)CSc1ccsc1C(=O)N1CCc2cc(C(=O)NO)sc2C1. The van der Waals surface area contributed by atoms with Gasteiger partial charge in [-0.1, -0.05) is 0 Å². The van der Waals surface area contributed by atoms with Gasteiger partial charge in [0.15, 0.2) is 0 Å². The van der Waals surface area contributed by atoms with Crippen molar-refractivity contribution in [1.82, 2.24) is 10.4 Å². The molecule has 2 aromatic rings. The van der Waals surface area contributed by atoms with E-state index in [1.165, 1.54) is 34.4 Å². The number of carbonyl (C=O) groups excluding carboxylic acids is 2. The van der Waals surface area contributed by atoms with Gasteiger partial charge in [0.05, 0.1) is 16.3 Å². The van der Waals surface area contributed by atoms with Crippen molar-refractivity contribution >= 4 is 46.2 Å². The normalized spacial score (nSPS) is 13.4. The van der Waals surface area contributed by atoms with Crippen molar-refractivity contribution in [2.45, 2.75) is 17.9 Å². The van der Waals surface area contributed by atoms with Crippen LogP contribution in [0.5, 0.6) is 0 Å². The predicted octanol–water partition coefficient (Wildman–Crippen LogP) is 1.83. The van der Waals surface area contributed by atoms with Crippen molar-refractivity contribution < 1.29 is 19.7 Å². The Kier molecular flexibility index (Phi) is 5.37. The van der Waals surface area contributed by atoms with Gasteiger partial charge in [0.2, 0.25) is 0 Å². The lowest BCUT2D eigenvalue weighted by Gasteiger charge is -2.26. The van der Waals surface area contributed by atoms with E-state index in [4.69, 9.17) is 11.0 Å². The van der Waals surface area contributed by atoms with Gasteiger partial charge in [-0.2, -0.15) is 5.84 Å².